The molecular weight excluding hydrogens is 349 g/mol. The summed E-state index contributed by atoms with van der Waals surface area (Å²) < 4.78 is 14.6. The van der Waals surface area contributed by atoms with Gasteiger partial charge in [-0.2, -0.15) is 0 Å². The number of aryl methyl sites for hydroxylation is 1. The van der Waals surface area contributed by atoms with Crippen molar-refractivity contribution in [3.05, 3.63) is 83.7 Å². The van der Waals surface area contributed by atoms with Gasteiger partial charge in [0.15, 0.2) is 0 Å². The Balaban J connectivity index is 1.47. The molecule has 1 aliphatic heterocycles. The van der Waals surface area contributed by atoms with Gasteiger partial charge in [0.2, 0.25) is 0 Å². The van der Waals surface area contributed by atoms with Crippen LogP contribution in [-0.2, 0) is 0 Å². The Kier molecular flexibility index (Phi) is 5.38. The van der Waals surface area contributed by atoms with E-state index in [9.17, 15) is 4.39 Å². The van der Waals surface area contributed by atoms with Crippen molar-refractivity contribution in [3.8, 4) is 0 Å². The van der Waals surface area contributed by atoms with Gasteiger partial charge in [0, 0.05) is 30.7 Å². The summed E-state index contributed by atoms with van der Waals surface area (Å²) in [5.74, 6) is -0.170. The lowest BCUT2D eigenvalue weighted by Crippen LogP contribution is -2.19. The van der Waals surface area contributed by atoms with E-state index in [-0.39, 0.29) is 5.82 Å². The standard InChI is InChI=1S/C24H24FN3/c1-18-15-24(28-13-5-6-14-28)23(25)16-19(18)17-26-20-9-11-22(12-10-20)27-21-7-3-2-4-8-21/h2-4,7-12,15-17,27H,5-6,13-14H2,1H3. The fourth-order valence-corrected chi connectivity index (χ4v) is 3.48. The largest absolute Gasteiger partial charge is 0.369 e. The number of aliphatic imine (C=N–C) groups is 1. The van der Waals surface area contributed by atoms with Gasteiger partial charge in [-0.1, -0.05) is 18.2 Å². The first-order valence-corrected chi connectivity index (χ1v) is 9.70. The highest BCUT2D eigenvalue weighted by atomic mass is 19.1. The van der Waals surface area contributed by atoms with E-state index >= 15 is 0 Å². The first-order valence-electron chi connectivity index (χ1n) is 9.70. The van der Waals surface area contributed by atoms with Crippen molar-refractivity contribution in [1.29, 1.82) is 0 Å². The molecule has 0 atom stereocenters. The summed E-state index contributed by atoms with van der Waals surface area (Å²) in [5.41, 5.74) is 5.44. The van der Waals surface area contributed by atoms with Gasteiger partial charge >= 0.3 is 0 Å². The molecule has 0 aromatic heterocycles. The van der Waals surface area contributed by atoms with Crippen LogP contribution in [0.5, 0.6) is 0 Å². The van der Waals surface area contributed by atoms with E-state index in [1.165, 1.54) is 0 Å². The molecule has 1 heterocycles. The molecule has 0 spiro atoms. The summed E-state index contributed by atoms with van der Waals surface area (Å²) >= 11 is 0. The number of benzene rings is 3. The second-order valence-electron chi connectivity index (χ2n) is 7.15. The Labute approximate surface area is 165 Å². The van der Waals surface area contributed by atoms with E-state index < -0.39 is 0 Å². The molecule has 142 valence electrons. The van der Waals surface area contributed by atoms with E-state index in [4.69, 9.17) is 0 Å². The summed E-state index contributed by atoms with van der Waals surface area (Å²) in [7, 11) is 0. The lowest BCUT2D eigenvalue weighted by Gasteiger charge is -2.19. The number of hydrogen-bond acceptors (Lipinski definition) is 3. The summed E-state index contributed by atoms with van der Waals surface area (Å²) in [6.07, 6.45) is 4.01. The molecule has 3 nitrogen and oxygen atoms in total. The predicted molar refractivity (Wildman–Crippen MR) is 116 cm³/mol. The van der Waals surface area contributed by atoms with Gasteiger partial charge in [0.25, 0.3) is 0 Å². The Bertz CT molecular complexity index is 959. The fraction of sp³-hybridized carbons (Fsp3) is 0.208. The van der Waals surface area contributed by atoms with Crippen molar-refractivity contribution in [2.75, 3.05) is 23.3 Å². The van der Waals surface area contributed by atoms with Gasteiger partial charge in [0.1, 0.15) is 5.82 Å². The molecule has 0 amide bonds. The minimum Gasteiger partial charge on any atom is -0.369 e. The predicted octanol–water partition coefficient (Wildman–Crippen LogP) is 6.23. The number of nitrogens with zero attached hydrogens (tertiary/aromatic N) is 2. The van der Waals surface area contributed by atoms with Crippen molar-refractivity contribution in [3.63, 3.8) is 0 Å². The molecule has 28 heavy (non-hydrogen) atoms. The zero-order chi connectivity index (χ0) is 19.3. The lowest BCUT2D eigenvalue weighted by atomic mass is 10.1. The Morgan fingerprint density at radius 2 is 1.61 bits per heavy atom. The first kappa shape index (κ1) is 18.2. The Hall–Kier alpha value is -3.14. The van der Waals surface area contributed by atoms with E-state index in [1.54, 1.807) is 12.3 Å². The average Bonchev–Trinajstić information content (AvgIpc) is 3.25. The molecule has 1 N–H and O–H groups in total. The second-order valence-corrected chi connectivity index (χ2v) is 7.15. The molecule has 1 fully saturated rings. The molecule has 3 aromatic carbocycles. The third-order valence-electron chi connectivity index (χ3n) is 5.06. The number of para-hydroxylation sites is 1. The molecular formula is C24H24FN3. The van der Waals surface area contributed by atoms with Crippen LogP contribution in [0.2, 0.25) is 0 Å². The van der Waals surface area contributed by atoms with Gasteiger partial charge in [-0.3, -0.25) is 4.99 Å². The van der Waals surface area contributed by atoms with Crippen molar-refractivity contribution in [2.24, 2.45) is 4.99 Å². The van der Waals surface area contributed by atoms with Crippen molar-refractivity contribution >= 4 is 29.0 Å². The highest BCUT2D eigenvalue weighted by Gasteiger charge is 2.17. The first-order chi connectivity index (χ1) is 13.7. The topological polar surface area (TPSA) is 27.6 Å². The number of rotatable bonds is 5. The van der Waals surface area contributed by atoms with Crippen LogP contribution in [0.15, 0.2) is 71.7 Å². The highest BCUT2D eigenvalue weighted by molar-refractivity contribution is 5.85. The fourth-order valence-electron chi connectivity index (χ4n) is 3.48. The van der Waals surface area contributed by atoms with Gasteiger partial charge < -0.3 is 10.2 Å². The normalized spacial score (nSPS) is 14.0. The highest BCUT2D eigenvalue weighted by Crippen LogP contribution is 2.27. The van der Waals surface area contributed by atoms with Gasteiger partial charge in [-0.25, -0.2) is 4.39 Å². The van der Waals surface area contributed by atoms with Crippen molar-refractivity contribution in [2.45, 2.75) is 19.8 Å². The van der Waals surface area contributed by atoms with E-state index in [2.05, 4.69) is 15.2 Å². The molecule has 0 radical (unpaired) electrons. The van der Waals surface area contributed by atoms with Gasteiger partial charge in [0.05, 0.1) is 11.4 Å². The number of halogens is 1. The molecule has 0 aliphatic carbocycles. The maximum absolute atomic E-state index is 14.6. The maximum atomic E-state index is 14.6. The van der Waals surface area contributed by atoms with Crippen LogP contribution in [0, 0.1) is 12.7 Å². The zero-order valence-corrected chi connectivity index (χ0v) is 16.0. The summed E-state index contributed by atoms with van der Waals surface area (Å²) in [6.45, 7) is 3.88. The second kappa shape index (κ2) is 8.26. The summed E-state index contributed by atoms with van der Waals surface area (Å²) in [4.78, 5) is 6.65. The number of anilines is 3. The third-order valence-corrected chi connectivity index (χ3v) is 5.06. The van der Waals surface area contributed by atoms with Gasteiger partial charge in [-0.15, -0.1) is 0 Å². The van der Waals surface area contributed by atoms with Crippen LogP contribution in [-0.4, -0.2) is 19.3 Å². The van der Waals surface area contributed by atoms with Crippen LogP contribution < -0.4 is 10.2 Å². The molecule has 3 aromatic rings. The third kappa shape index (κ3) is 4.22. The lowest BCUT2D eigenvalue weighted by molar-refractivity contribution is 0.622. The van der Waals surface area contributed by atoms with Gasteiger partial charge in [-0.05, 0) is 79.4 Å². The molecule has 1 saturated heterocycles. The number of nitrogens with one attached hydrogen (secondary N) is 1. The summed E-state index contributed by atoms with van der Waals surface area (Å²) in [6, 6.07) is 21.4. The minimum atomic E-state index is -0.170. The van der Waals surface area contributed by atoms with E-state index in [0.29, 0.717) is 5.69 Å². The van der Waals surface area contributed by atoms with Crippen LogP contribution in [0.1, 0.15) is 24.0 Å². The Morgan fingerprint density at radius 1 is 0.929 bits per heavy atom. The quantitative estimate of drug-likeness (QED) is 0.537. The maximum Gasteiger partial charge on any atom is 0.147 e. The molecule has 0 bridgehead atoms. The van der Waals surface area contributed by atoms with Crippen molar-refractivity contribution < 1.29 is 4.39 Å². The average molecular weight is 373 g/mol. The molecule has 4 rings (SSSR count). The Morgan fingerprint density at radius 3 is 2.32 bits per heavy atom. The van der Waals surface area contributed by atoms with Crippen molar-refractivity contribution in [1.82, 2.24) is 0 Å². The SMILES string of the molecule is Cc1cc(N2CCCC2)c(F)cc1C=Nc1ccc(Nc2ccccc2)cc1. The monoisotopic (exact) mass is 373 g/mol. The van der Waals surface area contributed by atoms with Crippen LogP contribution in [0.25, 0.3) is 0 Å². The molecule has 0 saturated carbocycles. The van der Waals surface area contributed by atoms with Crippen LogP contribution >= 0.6 is 0 Å². The zero-order valence-electron chi connectivity index (χ0n) is 16.0. The minimum absolute atomic E-state index is 0.170. The number of hydrogen-bond donors (Lipinski definition) is 1. The van der Waals surface area contributed by atoms with E-state index in [0.717, 1.165) is 54.1 Å². The van der Waals surface area contributed by atoms with E-state index in [1.807, 2.05) is 67.6 Å². The molecule has 1 aliphatic rings. The molecule has 4 heteroatoms. The smallest absolute Gasteiger partial charge is 0.147 e. The molecule has 0 unspecified atom stereocenters. The van der Waals surface area contributed by atoms with Crippen LogP contribution in [0.3, 0.4) is 0 Å². The van der Waals surface area contributed by atoms with Crippen LogP contribution in [0.4, 0.5) is 27.1 Å². The summed E-state index contributed by atoms with van der Waals surface area (Å²) in [5, 5.41) is 3.35.